The van der Waals surface area contributed by atoms with Gasteiger partial charge in [0, 0.05) is 31.2 Å². The normalized spacial score (nSPS) is 41.6. The highest BCUT2D eigenvalue weighted by Gasteiger charge is 2.68. The minimum absolute atomic E-state index is 0.00725. The van der Waals surface area contributed by atoms with Gasteiger partial charge in [0.1, 0.15) is 11.6 Å². The molecule has 4 aliphatic carbocycles. The first-order chi connectivity index (χ1) is 19.2. The van der Waals surface area contributed by atoms with Gasteiger partial charge in [0.05, 0.1) is 18.6 Å². The maximum atomic E-state index is 13.4. The summed E-state index contributed by atoms with van der Waals surface area (Å²) < 4.78 is 5.16. The van der Waals surface area contributed by atoms with Crippen LogP contribution < -0.4 is 0 Å². The third kappa shape index (κ3) is 4.83. The standard InChI is InChI=1S/C30H41NO10/c1-28-9-7-17(32)11-16(28)3-4-19-20-8-10-30(40,29(20,2)13-22(34)26(19)28)23(35)15-41-25(37)6-5-24(36)31-14-18(33)12-21(31)27(38)39/h11,18-22,26,33-34,40H,3-10,12-15H2,1-2H3,(H,38,39)/t18?,19-,20-,21?,22-,26+,28-,29-,30-/m0/s1. The van der Waals surface area contributed by atoms with Crippen LogP contribution in [0.15, 0.2) is 11.6 Å². The fourth-order valence-corrected chi connectivity index (χ4v) is 9.16. The van der Waals surface area contributed by atoms with E-state index in [2.05, 4.69) is 6.92 Å². The lowest BCUT2D eigenvalue weighted by atomic mass is 9.45. The maximum absolute atomic E-state index is 13.4. The van der Waals surface area contributed by atoms with Gasteiger partial charge in [-0.25, -0.2) is 4.79 Å². The van der Waals surface area contributed by atoms with Crippen LogP contribution in [0.3, 0.4) is 0 Å². The number of β-amino-alcohol motifs (C(OH)–C–C–N with tert-alkyl or cyclic N) is 1. The highest BCUT2D eigenvalue weighted by molar-refractivity contribution is 5.92. The molecule has 5 aliphatic rings. The number of carboxylic acid groups (broad SMARTS) is 1. The highest BCUT2D eigenvalue weighted by atomic mass is 16.5. The van der Waals surface area contributed by atoms with Crippen LogP contribution in [0, 0.1) is 28.6 Å². The molecule has 2 unspecified atom stereocenters. The monoisotopic (exact) mass is 575 g/mol. The number of likely N-dealkylation sites (tertiary alicyclic amines) is 1. The van der Waals surface area contributed by atoms with Crippen molar-refractivity contribution in [1.82, 2.24) is 4.90 Å². The molecule has 226 valence electrons. The van der Waals surface area contributed by atoms with Crippen LogP contribution in [0.4, 0.5) is 0 Å². The summed E-state index contributed by atoms with van der Waals surface area (Å²) in [6.45, 7) is 3.20. The lowest BCUT2D eigenvalue weighted by molar-refractivity contribution is -0.184. The van der Waals surface area contributed by atoms with E-state index in [9.17, 15) is 44.4 Å². The Morgan fingerprint density at radius 2 is 1.80 bits per heavy atom. The van der Waals surface area contributed by atoms with Gasteiger partial charge < -0.3 is 30.1 Å². The van der Waals surface area contributed by atoms with Gasteiger partial charge in [0.25, 0.3) is 0 Å². The molecule has 5 rings (SSSR count). The van der Waals surface area contributed by atoms with Crippen molar-refractivity contribution in [2.75, 3.05) is 13.2 Å². The fourth-order valence-electron chi connectivity index (χ4n) is 9.16. The van der Waals surface area contributed by atoms with Crippen molar-refractivity contribution in [2.45, 2.75) is 102 Å². The molecular formula is C30H41NO10. The molecule has 4 N–H and O–H groups in total. The predicted molar refractivity (Wildman–Crippen MR) is 142 cm³/mol. The van der Waals surface area contributed by atoms with Gasteiger partial charge in [0.2, 0.25) is 11.7 Å². The summed E-state index contributed by atoms with van der Waals surface area (Å²) >= 11 is 0. The van der Waals surface area contributed by atoms with Crippen molar-refractivity contribution in [3.05, 3.63) is 11.6 Å². The molecule has 0 bridgehead atoms. The van der Waals surface area contributed by atoms with Crippen LogP contribution in [0.2, 0.25) is 0 Å². The number of rotatable bonds is 7. The van der Waals surface area contributed by atoms with Gasteiger partial charge in [-0.15, -0.1) is 0 Å². The number of carbonyl (C=O) groups excluding carboxylic acids is 4. The van der Waals surface area contributed by atoms with Crippen molar-refractivity contribution >= 4 is 29.4 Å². The lowest BCUT2D eigenvalue weighted by Crippen LogP contribution is -2.62. The topological polar surface area (TPSA) is 179 Å². The molecule has 1 amide bonds. The Bertz CT molecular complexity index is 1180. The molecule has 9 atom stereocenters. The van der Waals surface area contributed by atoms with Crippen molar-refractivity contribution in [3.63, 3.8) is 0 Å². The number of aliphatic hydroxyl groups is 3. The fraction of sp³-hybridized carbons (Fsp3) is 0.767. The van der Waals surface area contributed by atoms with Crippen LogP contribution in [0.5, 0.6) is 0 Å². The minimum atomic E-state index is -1.78. The van der Waals surface area contributed by atoms with Gasteiger partial charge in [-0.05, 0) is 67.8 Å². The summed E-state index contributed by atoms with van der Waals surface area (Å²) in [5.41, 5.74) is -1.86. The van der Waals surface area contributed by atoms with E-state index >= 15 is 0 Å². The molecule has 0 radical (unpaired) electrons. The summed E-state index contributed by atoms with van der Waals surface area (Å²) in [7, 11) is 0. The van der Waals surface area contributed by atoms with Crippen molar-refractivity contribution < 1.29 is 49.1 Å². The van der Waals surface area contributed by atoms with E-state index in [1.165, 1.54) is 0 Å². The molecule has 0 aromatic rings. The Hall–Kier alpha value is -2.63. The number of hydrogen-bond acceptors (Lipinski definition) is 9. The van der Waals surface area contributed by atoms with Gasteiger partial charge in [-0.3, -0.25) is 19.2 Å². The SMILES string of the molecule is C[C@]12CCC(=O)C=C1CC[C@@H]1[C@@H]2[C@@H](O)C[C@@]2(C)[C@H]1CC[C@]2(O)C(=O)COC(=O)CCC(=O)N1CC(O)CC1C(=O)O. The number of allylic oxidation sites excluding steroid dienone is 1. The average Bonchev–Trinajstić information content (AvgIpc) is 3.43. The zero-order valence-corrected chi connectivity index (χ0v) is 23.7. The van der Waals surface area contributed by atoms with E-state index in [4.69, 9.17) is 4.74 Å². The molecule has 0 aromatic heterocycles. The van der Waals surface area contributed by atoms with Crippen molar-refractivity contribution in [2.24, 2.45) is 28.6 Å². The molecule has 0 spiro atoms. The van der Waals surface area contributed by atoms with Gasteiger partial charge in [0.15, 0.2) is 12.4 Å². The summed E-state index contributed by atoms with van der Waals surface area (Å²) in [5, 5.41) is 42.3. The molecule has 0 aromatic carbocycles. The number of aliphatic carboxylic acids is 1. The number of fused-ring (bicyclic) bond motifs is 5. The minimum Gasteiger partial charge on any atom is -0.480 e. The summed E-state index contributed by atoms with van der Waals surface area (Å²) in [5.74, 6) is -3.13. The number of ketones is 2. The molecule has 1 aliphatic heterocycles. The first-order valence-corrected chi connectivity index (χ1v) is 14.7. The molecule has 1 saturated heterocycles. The molecule has 3 saturated carbocycles. The van der Waals surface area contributed by atoms with E-state index in [1.54, 1.807) is 6.08 Å². The van der Waals surface area contributed by atoms with Gasteiger partial charge in [-0.2, -0.15) is 0 Å². The largest absolute Gasteiger partial charge is 0.480 e. The van der Waals surface area contributed by atoms with Crippen LogP contribution in [0.25, 0.3) is 0 Å². The van der Waals surface area contributed by atoms with Crippen LogP contribution in [-0.4, -0.2) is 91.7 Å². The maximum Gasteiger partial charge on any atom is 0.326 e. The Kier molecular flexibility index (Phi) is 7.70. The molecule has 11 nitrogen and oxygen atoms in total. The third-order valence-corrected chi connectivity index (χ3v) is 11.3. The Morgan fingerprint density at radius 3 is 2.51 bits per heavy atom. The average molecular weight is 576 g/mol. The Balaban J connectivity index is 1.21. The van der Waals surface area contributed by atoms with Gasteiger partial charge >= 0.3 is 11.9 Å². The number of Topliss-reactive ketones (excluding diaryl/α,β-unsaturated/α-hetero) is 1. The van der Waals surface area contributed by atoms with Crippen LogP contribution >= 0.6 is 0 Å². The number of carboxylic acids is 1. The second-order valence-corrected chi connectivity index (χ2v) is 13.3. The third-order valence-electron chi connectivity index (χ3n) is 11.3. The molecule has 4 fully saturated rings. The predicted octanol–water partition coefficient (Wildman–Crippen LogP) is 1.16. The van der Waals surface area contributed by atoms with Crippen LogP contribution in [0.1, 0.15) is 78.1 Å². The Labute approximate surface area is 238 Å². The first kappa shape index (κ1) is 29.8. The van der Waals surface area contributed by atoms with E-state index < -0.39 is 59.5 Å². The smallest absolute Gasteiger partial charge is 0.326 e. The summed E-state index contributed by atoms with van der Waals surface area (Å²) in [4.78, 5) is 62.8. The zero-order valence-electron chi connectivity index (χ0n) is 23.7. The number of carbonyl (C=O) groups is 5. The van der Waals surface area contributed by atoms with Gasteiger partial charge in [-0.1, -0.05) is 19.4 Å². The number of nitrogens with zero attached hydrogens (tertiary/aromatic N) is 1. The lowest BCUT2D eigenvalue weighted by Gasteiger charge is -2.60. The second kappa shape index (κ2) is 10.6. The molecule has 11 heteroatoms. The van der Waals surface area contributed by atoms with E-state index in [-0.39, 0.29) is 67.6 Å². The number of hydrogen-bond donors (Lipinski definition) is 4. The molecular weight excluding hydrogens is 534 g/mol. The van der Waals surface area contributed by atoms with E-state index in [1.807, 2.05) is 6.92 Å². The summed E-state index contributed by atoms with van der Waals surface area (Å²) in [6.07, 6.45) is 2.99. The second-order valence-electron chi connectivity index (χ2n) is 13.3. The van der Waals surface area contributed by atoms with Crippen molar-refractivity contribution in [3.8, 4) is 0 Å². The number of aliphatic hydroxyl groups excluding tert-OH is 2. The van der Waals surface area contributed by atoms with Crippen LogP contribution in [-0.2, 0) is 28.7 Å². The molecule has 1 heterocycles. The summed E-state index contributed by atoms with van der Waals surface area (Å²) in [6, 6.07) is -1.15. The Morgan fingerprint density at radius 1 is 1.07 bits per heavy atom. The number of esters is 1. The number of amides is 1. The zero-order chi connectivity index (χ0) is 29.9. The highest BCUT2D eigenvalue weighted by Crippen LogP contribution is 2.67. The molecule has 41 heavy (non-hydrogen) atoms. The van der Waals surface area contributed by atoms with Crippen molar-refractivity contribution in [1.29, 1.82) is 0 Å². The van der Waals surface area contributed by atoms with E-state index in [0.29, 0.717) is 19.3 Å². The van der Waals surface area contributed by atoms with E-state index in [0.717, 1.165) is 23.3 Å². The first-order valence-electron chi connectivity index (χ1n) is 14.7. The number of ether oxygens (including phenoxy) is 1. The quantitative estimate of drug-likeness (QED) is 0.322.